The van der Waals surface area contributed by atoms with Gasteiger partial charge in [-0.1, -0.05) is 90.3 Å². The van der Waals surface area contributed by atoms with Crippen LogP contribution in [0.1, 0.15) is 91.9 Å². The molecule has 2 nitrogen and oxygen atoms in total. The molecule has 0 spiro atoms. The predicted molar refractivity (Wildman–Crippen MR) is 114 cm³/mol. The van der Waals surface area contributed by atoms with Gasteiger partial charge in [0, 0.05) is 12.3 Å². The van der Waals surface area contributed by atoms with Crippen molar-refractivity contribution in [1.82, 2.24) is 0 Å². The van der Waals surface area contributed by atoms with Crippen molar-refractivity contribution < 1.29 is 26.5 Å². The molecule has 0 radical (unpaired) electrons. The van der Waals surface area contributed by atoms with Crippen LogP contribution in [0, 0.1) is 5.92 Å². The number of benzene rings is 1. The van der Waals surface area contributed by atoms with Gasteiger partial charge in [0.05, 0.1) is 0 Å². The molecule has 158 valence electrons. The third kappa shape index (κ3) is 12.5. The van der Waals surface area contributed by atoms with Crippen LogP contribution in [0.4, 0.5) is 0 Å². The molecule has 0 aliphatic carbocycles. The van der Waals surface area contributed by atoms with Crippen molar-refractivity contribution in [2.45, 2.75) is 91.9 Å². The van der Waals surface area contributed by atoms with E-state index in [4.69, 9.17) is 4.84 Å². The van der Waals surface area contributed by atoms with Crippen molar-refractivity contribution >= 4 is 0 Å². The highest BCUT2D eigenvalue weighted by atomic mass is 79.9. The molecule has 0 heterocycles. The van der Waals surface area contributed by atoms with Gasteiger partial charge in [-0.3, -0.25) is 0 Å². The van der Waals surface area contributed by atoms with Crippen LogP contribution in [-0.4, -0.2) is 24.3 Å². The van der Waals surface area contributed by atoms with E-state index in [1.807, 2.05) is 0 Å². The van der Waals surface area contributed by atoms with Crippen molar-refractivity contribution in [3.63, 3.8) is 0 Å². The zero-order chi connectivity index (χ0) is 19.1. The average molecular weight is 443 g/mol. The summed E-state index contributed by atoms with van der Waals surface area (Å²) in [6, 6.07) is 10.4. The molecule has 1 aromatic carbocycles. The minimum Gasteiger partial charge on any atom is -1.00 e. The maximum Gasteiger partial charge on any atom is 0.190 e. The zero-order valence-corrected chi connectivity index (χ0v) is 20.0. The SMILES string of the molecule is CCCCCCCCCCCC[N+](CC)(CC(C)C)Oc1ccccc1.[Br-]. The van der Waals surface area contributed by atoms with Crippen LogP contribution in [0.2, 0.25) is 0 Å². The van der Waals surface area contributed by atoms with E-state index in [9.17, 15) is 0 Å². The first-order chi connectivity index (χ1) is 12.6. The lowest BCUT2D eigenvalue weighted by molar-refractivity contribution is -1.08. The maximum absolute atomic E-state index is 6.48. The Balaban J connectivity index is 0.00000676. The third-order valence-electron chi connectivity index (χ3n) is 5.24. The second-order valence-electron chi connectivity index (χ2n) is 8.26. The molecule has 0 aliphatic heterocycles. The highest BCUT2D eigenvalue weighted by Crippen LogP contribution is 2.21. The third-order valence-corrected chi connectivity index (χ3v) is 5.24. The number of halogens is 1. The molecular weight excluding hydrogens is 398 g/mol. The Morgan fingerprint density at radius 3 is 1.78 bits per heavy atom. The molecular formula is C24H44BrNO. The van der Waals surface area contributed by atoms with Crippen molar-refractivity contribution in [1.29, 1.82) is 0 Å². The number of hydrogen-bond acceptors (Lipinski definition) is 1. The van der Waals surface area contributed by atoms with Crippen LogP contribution < -0.4 is 21.8 Å². The molecule has 0 saturated heterocycles. The maximum atomic E-state index is 6.48. The van der Waals surface area contributed by atoms with Gasteiger partial charge in [-0.15, -0.1) is 4.65 Å². The zero-order valence-electron chi connectivity index (χ0n) is 18.4. The normalized spacial score (nSPS) is 13.2. The minimum atomic E-state index is 0. The van der Waals surface area contributed by atoms with E-state index >= 15 is 0 Å². The van der Waals surface area contributed by atoms with Gasteiger partial charge in [-0.05, 0) is 25.5 Å². The summed E-state index contributed by atoms with van der Waals surface area (Å²) in [4.78, 5) is 6.48. The average Bonchev–Trinajstić information content (AvgIpc) is 2.63. The van der Waals surface area contributed by atoms with Crippen molar-refractivity contribution in [2.24, 2.45) is 5.92 Å². The number of para-hydroxylation sites is 1. The van der Waals surface area contributed by atoms with Gasteiger partial charge in [0.25, 0.3) is 0 Å². The fraction of sp³-hybridized carbons (Fsp3) is 0.750. The summed E-state index contributed by atoms with van der Waals surface area (Å²) in [5, 5.41) is 0. The molecule has 1 unspecified atom stereocenters. The van der Waals surface area contributed by atoms with Gasteiger partial charge in [-0.2, -0.15) is 0 Å². The summed E-state index contributed by atoms with van der Waals surface area (Å²) in [6.45, 7) is 12.4. The van der Waals surface area contributed by atoms with E-state index in [1.54, 1.807) is 0 Å². The number of unbranched alkanes of at least 4 members (excludes halogenated alkanes) is 9. The monoisotopic (exact) mass is 441 g/mol. The van der Waals surface area contributed by atoms with E-state index in [2.05, 4.69) is 58.0 Å². The lowest BCUT2D eigenvalue weighted by Gasteiger charge is -2.36. The Kier molecular flexibility index (Phi) is 16.1. The summed E-state index contributed by atoms with van der Waals surface area (Å²) in [7, 11) is 0. The van der Waals surface area contributed by atoms with Gasteiger partial charge < -0.3 is 21.8 Å². The number of quaternary nitrogens is 1. The van der Waals surface area contributed by atoms with Crippen LogP contribution in [0.25, 0.3) is 0 Å². The standard InChI is InChI=1S/C24H44NO.BrH/c1-5-7-8-9-10-11-12-13-14-18-21-25(6-2,22-23(3)4)26-24-19-16-15-17-20-24;/h15-17,19-20,23H,5-14,18,21-22H2,1-4H3;1H/q+1;/p-1. The van der Waals surface area contributed by atoms with Crippen molar-refractivity contribution in [3.8, 4) is 5.75 Å². The van der Waals surface area contributed by atoms with Gasteiger partial charge in [0.2, 0.25) is 0 Å². The number of rotatable bonds is 16. The Hall–Kier alpha value is -0.540. The van der Waals surface area contributed by atoms with Crippen molar-refractivity contribution in [3.05, 3.63) is 30.3 Å². The van der Waals surface area contributed by atoms with Crippen LogP contribution in [0.5, 0.6) is 5.75 Å². The molecule has 0 fully saturated rings. The fourth-order valence-electron chi connectivity index (χ4n) is 3.78. The highest BCUT2D eigenvalue weighted by molar-refractivity contribution is 5.20. The molecule has 27 heavy (non-hydrogen) atoms. The molecule has 0 bridgehead atoms. The number of hydrogen-bond donors (Lipinski definition) is 0. The second kappa shape index (κ2) is 16.4. The highest BCUT2D eigenvalue weighted by Gasteiger charge is 2.29. The van der Waals surface area contributed by atoms with Gasteiger partial charge in [0.1, 0.15) is 19.6 Å². The first-order valence-corrected chi connectivity index (χ1v) is 11.2. The summed E-state index contributed by atoms with van der Waals surface area (Å²) in [5.41, 5.74) is 0. The Labute approximate surface area is 180 Å². The second-order valence-corrected chi connectivity index (χ2v) is 8.26. The molecule has 0 saturated carbocycles. The lowest BCUT2D eigenvalue weighted by atomic mass is 10.1. The molecule has 0 aromatic heterocycles. The quantitative estimate of drug-likeness (QED) is 0.210. The predicted octanol–water partition coefficient (Wildman–Crippen LogP) is 4.40. The topological polar surface area (TPSA) is 9.23 Å². The minimum absolute atomic E-state index is 0. The van der Waals surface area contributed by atoms with Gasteiger partial charge in [-0.25, -0.2) is 0 Å². The van der Waals surface area contributed by atoms with Crippen LogP contribution >= 0.6 is 0 Å². The summed E-state index contributed by atoms with van der Waals surface area (Å²) >= 11 is 0. The Morgan fingerprint density at radius 1 is 0.778 bits per heavy atom. The summed E-state index contributed by atoms with van der Waals surface area (Å²) < 4.78 is 0.763. The van der Waals surface area contributed by atoms with Crippen LogP contribution in [0.3, 0.4) is 0 Å². The number of nitrogens with zero attached hydrogens (tertiary/aromatic N) is 1. The molecule has 0 aliphatic rings. The van der Waals surface area contributed by atoms with E-state index in [0.717, 1.165) is 30.0 Å². The molecule has 0 N–H and O–H groups in total. The summed E-state index contributed by atoms with van der Waals surface area (Å²) in [6.07, 6.45) is 13.9. The molecule has 0 amide bonds. The van der Waals surface area contributed by atoms with E-state index < -0.39 is 0 Å². The smallest absolute Gasteiger partial charge is 0.190 e. The number of hydroxylamine groups is 3. The van der Waals surface area contributed by atoms with Gasteiger partial charge >= 0.3 is 0 Å². The Morgan fingerprint density at radius 2 is 1.30 bits per heavy atom. The van der Waals surface area contributed by atoms with Crippen LogP contribution in [-0.2, 0) is 0 Å². The van der Waals surface area contributed by atoms with E-state index in [-0.39, 0.29) is 17.0 Å². The van der Waals surface area contributed by atoms with Crippen LogP contribution in [0.15, 0.2) is 30.3 Å². The molecule has 3 heteroatoms. The van der Waals surface area contributed by atoms with Crippen molar-refractivity contribution in [2.75, 3.05) is 19.6 Å². The largest absolute Gasteiger partial charge is 1.00 e. The Bertz CT molecular complexity index is 437. The molecule has 1 aromatic rings. The van der Waals surface area contributed by atoms with E-state index in [1.165, 1.54) is 64.2 Å². The molecule has 1 rings (SSSR count). The lowest BCUT2D eigenvalue weighted by Crippen LogP contribution is -3.00. The first kappa shape index (κ1) is 26.5. The van der Waals surface area contributed by atoms with Gasteiger partial charge in [0.15, 0.2) is 5.75 Å². The van der Waals surface area contributed by atoms with E-state index in [0.29, 0.717) is 5.92 Å². The first-order valence-electron chi connectivity index (χ1n) is 11.2. The fourth-order valence-corrected chi connectivity index (χ4v) is 3.78. The molecule has 1 atom stereocenters. The summed E-state index contributed by atoms with van der Waals surface area (Å²) in [5.74, 6) is 1.64.